The summed E-state index contributed by atoms with van der Waals surface area (Å²) in [7, 11) is 1.84. The smallest absolute Gasteiger partial charge is 0.0914 e. The van der Waals surface area contributed by atoms with Crippen molar-refractivity contribution in [2.24, 2.45) is 0 Å². The second-order valence-electron chi connectivity index (χ2n) is 4.05. The van der Waals surface area contributed by atoms with Gasteiger partial charge in [-0.05, 0) is 30.5 Å². The Morgan fingerprint density at radius 2 is 1.73 bits per heavy atom. The van der Waals surface area contributed by atoms with Gasteiger partial charge in [-0.2, -0.15) is 0 Å². The predicted molar refractivity (Wildman–Crippen MR) is 64.0 cm³/mol. The molecule has 1 unspecified atom stereocenters. The molecule has 0 bridgehead atoms. The fraction of sp³-hybridized carbons (Fsp3) is 0.538. The molecule has 0 saturated carbocycles. The van der Waals surface area contributed by atoms with Crippen molar-refractivity contribution in [3.05, 3.63) is 35.4 Å². The Kier molecular flexibility index (Phi) is 4.79. The Morgan fingerprint density at radius 3 is 2.20 bits per heavy atom. The van der Waals surface area contributed by atoms with Crippen LogP contribution in [-0.2, 0) is 0 Å². The number of nitrogens with one attached hydrogen (secondary N) is 1. The predicted octanol–water partition coefficient (Wildman–Crippen LogP) is 2.45. The van der Waals surface area contributed by atoms with Crippen molar-refractivity contribution in [2.45, 2.75) is 32.3 Å². The lowest BCUT2D eigenvalue weighted by Gasteiger charge is -2.13. The first-order valence-electron chi connectivity index (χ1n) is 5.61. The summed E-state index contributed by atoms with van der Waals surface area (Å²) >= 11 is 0. The van der Waals surface area contributed by atoms with Gasteiger partial charge >= 0.3 is 0 Å². The van der Waals surface area contributed by atoms with Crippen LogP contribution in [-0.4, -0.2) is 18.7 Å². The van der Waals surface area contributed by atoms with Crippen LogP contribution < -0.4 is 5.32 Å². The summed E-state index contributed by atoms with van der Waals surface area (Å²) in [4.78, 5) is 0. The number of aliphatic hydroxyl groups is 1. The summed E-state index contributed by atoms with van der Waals surface area (Å²) < 4.78 is 0. The SMILES string of the molecule is CC[C@@H](C)c1ccc(C(O)CNC)cc1. The fourth-order valence-electron chi connectivity index (χ4n) is 1.59. The van der Waals surface area contributed by atoms with Gasteiger partial charge in [0.1, 0.15) is 0 Å². The van der Waals surface area contributed by atoms with E-state index in [1.54, 1.807) is 0 Å². The first-order chi connectivity index (χ1) is 7.19. The molecular weight excluding hydrogens is 186 g/mol. The van der Waals surface area contributed by atoms with Crippen molar-refractivity contribution in [3.63, 3.8) is 0 Å². The zero-order valence-electron chi connectivity index (χ0n) is 9.83. The van der Waals surface area contributed by atoms with Crippen molar-refractivity contribution >= 4 is 0 Å². The number of aliphatic hydroxyl groups excluding tert-OH is 1. The number of rotatable bonds is 5. The highest BCUT2D eigenvalue weighted by Crippen LogP contribution is 2.20. The second-order valence-corrected chi connectivity index (χ2v) is 4.05. The van der Waals surface area contributed by atoms with Gasteiger partial charge in [-0.25, -0.2) is 0 Å². The molecule has 1 rings (SSSR count). The normalized spacial score (nSPS) is 14.9. The Morgan fingerprint density at radius 1 is 1.20 bits per heavy atom. The molecule has 15 heavy (non-hydrogen) atoms. The van der Waals surface area contributed by atoms with Gasteiger partial charge < -0.3 is 10.4 Å². The molecule has 0 aromatic heterocycles. The van der Waals surface area contributed by atoms with Crippen molar-refractivity contribution in [2.75, 3.05) is 13.6 Å². The van der Waals surface area contributed by atoms with Crippen LogP contribution in [0.2, 0.25) is 0 Å². The molecule has 2 heteroatoms. The molecule has 0 aliphatic rings. The van der Waals surface area contributed by atoms with Crippen LogP contribution >= 0.6 is 0 Å². The summed E-state index contributed by atoms with van der Waals surface area (Å²) in [6, 6.07) is 8.26. The number of hydrogen-bond donors (Lipinski definition) is 2. The zero-order chi connectivity index (χ0) is 11.3. The third-order valence-electron chi connectivity index (χ3n) is 2.90. The molecule has 0 aliphatic heterocycles. The van der Waals surface area contributed by atoms with E-state index in [0.29, 0.717) is 12.5 Å². The van der Waals surface area contributed by atoms with Gasteiger partial charge in [-0.15, -0.1) is 0 Å². The summed E-state index contributed by atoms with van der Waals surface area (Å²) in [5, 5.41) is 12.7. The second kappa shape index (κ2) is 5.89. The van der Waals surface area contributed by atoms with Crippen LogP contribution in [0.4, 0.5) is 0 Å². The Hall–Kier alpha value is -0.860. The topological polar surface area (TPSA) is 32.3 Å². The van der Waals surface area contributed by atoms with E-state index >= 15 is 0 Å². The Bertz CT molecular complexity index is 281. The highest BCUT2D eigenvalue weighted by molar-refractivity contribution is 5.26. The largest absolute Gasteiger partial charge is 0.387 e. The van der Waals surface area contributed by atoms with E-state index in [1.807, 2.05) is 19.2 Å². The lowest BCUT2D eigenvalue weighted by atomic mass is 9.96. The molecule has 0 fully saturated rings. The molecule has 0 heterocycles. The molecule has 0 spiro atoms. The summed E-state index contributed by atoms with van der Waals surface area (Å²) in [5.41, 5.74) is 2.33. The van der Waals surface area contributed by atoms with Crippen molar-refractivity contribution in [3.8, 4) is 0 Å². The minimum Gasteiger partial charge on any atom is -0.387 e. The molecule has 2 atom stereocenters. The highest BCUT2D eigenvalue weighted by atomic mass is 16.3. The maximum atomic E-state index is 9.74. The van der Waals surface area contributed by atoms with Gasteiger partial charge in [0.25, 0.3) is 0 Å². The van der Waals surface area contributed by atoms with Crippen LogP contribution in [0.15, 0.2) is 24.3 Å². The molecular formula is C13H21NO. The Balaban J connectivity index is 2.71. The molecule has 84 valence electrons. The number of hydrogen-bond acceptors (Lipinski definition) is 2. The average molecular weight is 207 g/mol. The maximum absolute atomic E-state index is 9.74. The summed E-state index contributed by atoms with van der Waals surface area (Å²) in [5.74, 6) is 0.598. The maximum Gasteiger partial charge on any atom is 0.0914 e. The lowest BCUT2D eigenvalue weighted by molar-refractivity contribution is 0.178. The molecule has 1 aromatic carbocycles. The first kappa shape index (κ1) is 12.2. The van der Waals surface area contributed by atoms with E-state index in [1.165, 1.54) is 5.56 Å². The number of benzene rings is 1. The van der Waals surface area contributed by atoms with E-state index < -0.39 is 6.10 Å². The minimum atomic E-state index is -0.402. The quantitative estimate of drug-likeness (QED) is 0.777. The monoisotopic (exact) mass is 207 g/mol. The van der Waals surface area contributed by atoms with Crippen LogP contribution in [0.1, 0.15) is 43.4 Å². The zero-order valence-corrected chi connectivity index (χ0v) is 9.83. The first-order valence-corrected chi connectivity index (χ1v) is 5.61. The van der Waals surface area contributed by atoms with Gasteiger partial charge in [0.2, 0.25) is 0 Å². The standard InChI is InChI=1S/C13H21NO/c1-4-10(2)11-5-7-12(8-6-11)13(15)9-14-3/h5-8,10,13-15H,4,9H2,1-3H3/t10-,13?/m1/s1. The molecule has 2 nitrogen and oxygen atoms in total. The summed E-state index contributed by atoms with van der Waals surface area (Å²) in [6.45, 7) is 5.01. The van der Waals surface area contributed by atoms with Gasteiger partial charge in [0, 0.05) is 6.54 Å². The summed E-state index contributed by atoms with van der Waals surface area (Å²) in [6.07, 6.45) is 0.749. The minimum absolute atomic E-state index is 0.402. The van der Waals surface area contributed by atoms with Crippen molar-refractivity contribution in [1.82, 2.24) is 5.32 Å². The van der Waals surface area contributed by atoms with Gasteiger partial charge in [0.15, 0.2) is 0 Å². The van der Waals surface area contributed by atoms with E-state index in [-0.39, 0.29) is 0 Å². The fourth-order valence-corrected chi connectivity index (χ4v) is 1.59. The Labute approximate surface area is 92.3 Å². The number of likely N-dealkylation sites (N-methyl/N-ethyl adjacent to an activating group) is 1. The molecule has 1 aromatic rings. The van der Waals surface area contributed by atoms with Crippen molar-refractivity contribution < 1.29 is 5.11 Å². The third kappa shape index (κ3) is 3.33. The van der Waals surface area contributed by atoms with E-state index in [4.69, 9.17) is 0 Å². The third-order valence-corrected chi connectivity index (χ3v) is 2.90. The molecule has 2 N–H and O–H groups in total. The van der Waals surface area contributed by atoms with Crippen LogP contribution in [0.5, 0.6) is 0 Å². The molecule has 0 saturated heterocycles. The van der Waals surface area contributed by atoms with E-state index in [9.17, 15) is 5.11 Å². The molecule has 0 radical (unpaired) electrons. The van der Waals surface area contributed by atoms with E-state index in [2.05, 4.69) is 31.3 Å². The van der Waals surface area contributed by atoms with Crippen LogP contribution in [0.3, 0.4) is 0 Å². The van der Waals surface area contributed by atoms with Gasteiger partial charge in [-0.1, -0.05) is 38.1 Å². The molecule has 0 aliphatic carbocycles. The van der Waals surface area contributed by atoms with Crippen LogP contribution in [0, 0.1) is 0 Å². The highest BCUT2D eigenvalue weighted by Gasteiger charge is 2.07. The van der Waals surface area contributed by atoms with Gasteiger partial charge in [0.05, 0.1) is 6.10 Å². The van der Waals surface area contributed by atoms with Gasteiger partial charge in [-0.3, -0.25) is 0 Å². The van der Waals surface area contributed by atoms with E-state index in [0.717, 1.165) is 12.0 Å². The average Bonchev–Trinajstić information content (AvgIpc) is 2.28. The lowest BCUT2D eigenvalue weighted by Crippen LogP contribution is -2.16. The van der Waals surface area contributed by atoms with Crippen LogP contribution in [0.25, 0.3) is 0 Å². The molecule has 0 amide bonds. The van der Waals surface area contributed by atoms with Crippen molar-refractivity contribution in [1.29, 1.82) is 0 Å².